The number of anilines is 1. The van der Waals surface area contributed by atoms with Crippen molar-refractivity contribution in [1.29, 1.82) is 0 Å². The molecule has 2 rings (SSSR count). The summed E-state index contributed by atoms with van der Waals surface area (Å²) in [5.74, 6) is 0.275. The van der Waals surface area contributed by atoms with Crippen molar-refractivity contribution < 1.29 is 0 Å². The summed E-state index contributed by atoms with van der Waals surface area (Å²) < 4.78 is 4.16. The van der Waals surface area contributed by atoms with Gasteiger partial charge in [-0.25, -0.2) is 4.68 Å². The Kier molecular flexibility index (Phi) is 2.49. The van der Waals surface area contributed by atoms with Crippen LogP contribution in [-0.2, 0) is 13.1 Å². The van der Waals surface area contributed by atoms with Crippen molar-refractivity contribution in [3.05, 3.63) is 23.2 Å². The number of nitrogen functional groups attached to an aromatic ring is 1. The van der Waals surface area contributed by atoms with Crippen LogP contribution in [0.2, 0.25) is 0 Å². The summed E-state index contributed by atoms with van der Waals surface area (Å²) in [7, 11) is 0. The molecule has 7 heteroatoms. The van der Waals surface area contributed by atoms with Gasteiger partial charge in [0.1, 0.15) is 0 Å². The molecule has 2 aromatic rings. The number of hydrogen-bond acceptors (Lipinski definition) is 4. The van der Waals surface area contributed by atoms with Gasteiger partial charge in [0.05, 0.1) is 13.1 Å². The van der Waals surface area contributed by atoms with E-state index in [0.29, 0.717) is 11.3 Å². The average Bonchev–Trinajstić information content (AvgIpc) is 2.72. The maximum absolute atomic E-state index is 5.43. The van der Waals surface area contributed by atoms with Crippen LogP contribution >= 0.6 is 15.9 Å². The Morgan fingerprint density at radius 1 is 1.43 bits per heavy atom. The lowest BCUT2D eigenvalue weighted by atomic mass is 10.6. The van der Waals surface area contributed by atoms with Crippen LogP contribution < -0.4 is 5.73 Å². The third-order valence-corrected chi connectivity index (χ3v) is 2.33. The average molecular weight is 257 g/mol. The van der Waals surface area contributed by atoms with Gasteiger partial charge in [0, 0.05) is 12.4 Å². The van der Waals surface area contributed by atoms with E-state index in [0.717, 1.165) is 6.54 Å². The van der Waals surface area contributed by atoms with Crippen LogP contribution in [0.25, 0.3) is 0 Å². The second kappa shape index (κ2) is 3.79. The Morgan fingerprint density at radius 3 is 2.86 bits per heavy atom. The quantitative estimate of drug-likeness (QED) is 0.869. The van der Waals surface area contributed by atoms with Crippen LogP contribution in [0.3, 0.4) is 0 Å². The lowest BCUT2D eigenvalue weighted by molar-refractivity contribution is 0.493. The fraction of sp³-hybridized carbons (Fsp3) is 0.286. The first-order valence-corrected chi connectivity index (χ1v) is 4.88. The normalized spacial score (nSPS) is 10.6. The highest BCUT2D eigenvalue weighted by Gasteiger charge is 2.03. The lowest BCUT2D eigenvalue weighted by Crippen LogP contribution is -2.09. The molecular formula is C7H9BrN6. The van der Waals surface area contributed by atoms with Crippen LogP contribution in [0.15, 0.2) is 23.2 Å². The second-order valence-corrected chi connectivity index (χ2v) is 3.44. The molecule has 2 aromatic heterocycles. The van der Waals surface area contributed by atoms with Crippen LogP contribution in [-0.4, -0.2) is 24.5 Å². The number of nitrogens with two attached hydrogens (primary N) is 1. The van der Waals surface area contributed by atoms with Crippen LogP contribution in [0.1, 0.15) is 0 Å². The molecule has 0 radical (unpaired) electrons. The minimum Gasteiger partial charge on any atom is -0.366 e. The molecule has 6 nitrogen and oxygen atoms in total. The number of aromatic nitrogens is 5. The minimum atomic E-state index is 0.275. The van der Waals surface area contributed by atoms with E-state index in [2.05, 4.69) is 31.1 Å². The van der Waals surface area contributed by atoms with Gasteiger partial charge in [0.2, 0.25) is 5.95 Å². The molecule has 0 aliphatic heterocycles. The Hall–Kier alpha value is -1.37. The third-order valence-electron chi connectivity index (χ3n) is 1.74. The monoisotopic (exact) mass is 256 g/mol. The third kappa shape index (κ3) is 1.92. The largest absolute Gasteiger partial charge is 0.366 e. The van der Waals surface area contributed by atoms with Crippen LogP contribution in [0, 0.1) is 0 Å². The van der Waals surface area contributed by atoms with E-state index >= 15 is 0 Å². The standard InChI is InChI=1S/C7H9BrN6/c8-6-11-7(9)12-14(6)5-4-13-3-1-2-10-13/h1-3H,4-5H2,(H2,9,12). The van der Waals surface area contributed by atoms with Crippen molar-refractivity contribution in [2.45, 2.75) is 13.1 Å². The van der Waals surface area contributed by atoms with Crippen LogP contribution in [0.5, 0.6) is 0 Å². The number of hydrogen-bond donors (Lipinski definition) is 1. The summed E-state index contributed by atoms with van der Waals surface area (Å²) in [6.45, 7) is 1.43. The highest BCUT2D eigenvalue weighted by molar-refractivity contribution is 9.10. The highest BCUT2D eigenvalue weighted by atomic mass is 79.9. The number of aryl methyl sites for hydroxylation is 2. The fourth-order valence-electron chi connectivity index (χ4n) is 1.11. The van der Waals surface area contributed by atoms with E-state index in [1.165, 1.54) is 0 Å². The molecule has 0 aliphatic carbocycles. The van der Waals surface area contributed by atoms with Gasteiger partial charge < -0.3 is 5.73 Å². The van der Waals surface area contributed by atoms with Gasteiger partial charge in [-0.05, 0) is 22.0 Å². The Labute approximate surface area is 88.9 Å². The van der Waals surface area contributed by atoms with Gasteiger partial charge in [-0.15, -0.1) is 5.10 Å². The molecule has 0 unspecified atom stereocenters. The molecule has 0 atom stereocenters. The molecule has 0 spiro atoms. The summed E-state index contributed by atoms with van der Waals surface area (Å²) in [5.41, 5.74) is 5.43. The molecule has 0 bridgehead atoms. The molecule has 2 N–H and O–H groups in total. The number of nitrogens with zero attached hydrogens (tertiary/aromatic N) is 5. The molecule has 0 saturated heterocycles. The van der Waals surface area contributed by atoms with E-state index in [1.807, 2.05) is 16.9 Å². The topological polar surface area (TPSA) is 74.5 Å². The first-order valence-electron chi connectivity index (χ1n) is 4.09. The predicted octanol–water partition coefficient (Wildman–Crippen LogP) is 0.519. The molecule has 2 heterocycles. The van der Waals surface area contributed by atoms with Gasteiger partial charge in [0.15, 0.2) is 4.73 Å². The van der Waals surface area contributed by atoms with E-state index in [4.69, 9.17) is 5.73 Å². The molecular weight excluding hydrogens is 248 g/mol. The molecule has 0 amide bonds. The Bertz CT molecular complexity index is 406. The number of halogens is 1. The van der Waals surface area contributed by atoms with E-state index in [9.17, 15) is 0 Å². The maximum Gasteiger partial charge on any atom is 0.240 e. The van der Waals surface area contributed by atoms with E-state index < -0.39 is 0 Å². The molecule has 0 fully saturated rings. The van der Waals surface area contributed by atoms with Crippen molar-refractivity contribution in [2.24, 2.45) is 0 Å². The van der Waals surface area contributed by atoms with Crippen molar-refractivity contribution in [1.82, 2.24) is 24.5 Å². The molecule has 0 aliphatic rings. The summed E-state index contributed by atoms with van der Waals surface area (Å²) in [4.78, 5) is 3.93. The smallest absolute Gasteiger partial charge is 0.240 e. The second-order valence-electron chi connectivity index (χ2n) is 2.73. The number of rotatable bonds is 3. The Balaban J connectivity index is 2.01. The molecule has 14 heavy (non-hydrogen) atoms. The van der Waals surface area contributed by atoms with Crippen molar-refractivity contribution in [3.8, 4) is 0 Å². The molecule has 74 valence electrons. The van der Waals surface area contributed by atoms with Crippen molar-refractivity contribution >= 4 is 21.9 Å². The lowest BCUT2D eigenvalue weighted by Gasteiger charge is -2.01. The molecule has 0 saturated carbocycles. The zero-order valence-electron chi connectivity index (χ0n) is 7.34. The highest BCUT2D eigenvalue weighted by Crippen LogP contribution is 2.07. The van der Waals surface area contributed by atoms with Gasteiger partial charge in [0.25, 0.3) is 0 Å². The maximum atomic E-state index is 5.43. The summed E-state index contributed by atoms with van der Waals surface area (Å²) >= 11 is 3.26. The first kappa shape index (κ1) is 9.20. The zero-order chi connectivity index (χ0) is 9.97. The Morgan fingerprint density at radius 2 is 2.29 bits per heavy atom. The SMILES string of the molecule is Nc1nc(Br)n(CCn2cccn2)n1. The summed E-state index contributed by atoms with van der Waals surface area (Å²) in [6, 6.07) is 1.88. The zero-order valence-corrected chi connectivity index (χ0v) is 8.92. The predicted molar refractivity (Wildman–Crippen MR) is 54.4 cm³/mol. The van der Waals surface area contributed by atoms with Crippen molar-refractivity contribution in [2.75, 3.05) is 5.73 Å². The summed E-state index contributed by atoms with van der Waals surface area (Å²) in [6.07, 6.45) is 3.64. The van der Waals surface area contributed by atoms with Gasteiger partial charge in [-0.2, -0.15) is 10.1 Å². The van der Waals surface area contributed by atoms with Gasteiger partial charge in [-0.3, -0.25) is 4.68 Å². The van der Waals surface area contributed by atoms with Gasteiger partial charge >= 0.3 is 0 Å². The molecule has 0 aromatic carbocycles. The van der Waals surface area contributed by atoms with Crippen molar-refractivity contribution in [3.63, 3.8) is 0 Å². The fourth-order valence-corrected chi connectivity index (χ4v) is 1.55. The first-order chi connectivity index (χ1) is 6.75. The minimum absolute atomic E-state index is 0.275. The van der Waals surface area contributed by atoms with Gasteiger partial charge in [-0.1, -0.05) is 0 Å². The summed E-state index contributed by atoms with van der Waals surface area (Å²) in [5, 5.41) is 8.08. The van der Waals surface area contributed by atoms with E-state index in [-0.39, 0.29) is 5.95 Å². The van der Waals surface area contributed by atoms with E-state index in [1.54, 1.807) is 10.9 Å². The van der Waals surface area contributed by atoms with Crippen LogP contribution in [0.4, 0.5) is 5.95 Å².